The number of hydrogen-bond acceptors (Lipinski definition) is 2. The van der Waals surface area contributed by atoms with Gasteiger partial charge in [0.25, 0.3) is 0 Å². The molecule has 5 rings (SSSR count). The van der Waals surface area contributed by atoms with Crippen molar-refractivity contribution in [1.82, 2.24) is 9.55 Å². The molecule has 0 saturated heterocycles. The molecule has 3 aliphatic rings. The topological polar surface area (TPSA) is 38.1 Å². The number of para-hydroxylation sites is 2. The average molecular weight is 295 g/mol. The van der Waals surface area contributed by atoms with E-state index >= 15 is 0 Å². The van der Waals surface area contributed by atoms with E-state index in [0.717, 1.165) is 48.3 Å². The monoisotopic (exact) mass is 295 g/mol. The molecule has 2 bridgehead atoms. The maximum atomic E-state index is 12.8. The highest BCUT2D eigenvalue weighted by molar-refractivity contribution is 5.95. The van der Waals surface area contributed by atoms with Crippen LogP contribution in [0.3, 0.4) is 0 Å². The van der Waals surface area contributed by atoms with Gasteiger partial charge in [-0.15, -0.1) is 0 Å². The smallest absolute Gasteiger partial charge is 0.229 e. The lowest BCUT2D eigenvalue weighted by Crippen LogP contribution is -2.32. The van der Waals surface area contributed by atoms with Gasteiger partial charge in [0.2, 0.25) is 11.9 Å². The quantitative estimate of drug-likeness (QED) is 0.853. The molecule has 1 aromatic heterocycles. The summed E-state index contributed by atoms with van der Waals surface area (Å²) in [6.07, 6.45) is 6.12. The summed E-state index contributed by atoms with van der Waals surface area (Å²) >= 11 is 0. The summed E-state index contributed by atoms with van der Waals surface area (Å²) in [7, 11) is 0. The van der Waals surface area contributed by atoms with Crippen LogP contribution >= 0.6 is 0 Å². The highest BCUT2D eigenvalue weighted by Crippen LogP contribution is 2.49. The number of benzene rings is 1. The van der Waals surface area contributed by atoms with Gasteiger partial charge in [0.15, 0.2) is 0 Å². The van der Waals surface area contributed by atoms with Crippen LogP contribution in [0.2, 0.25) is 0 Å². The number of fused-ring (bicyclic) bond motifs is 5. The van der Waals surface area contributed by atoms with Gasteiger partial charge in [-0.3, -0.25) is 9.69 Å². The van der Waals surface area contributed by atoms with E-state index in [1.165, 1.54) is 25.7 Å². The second-order valence-electron chi connectivity index (χ2n) is 7.24. The Hall–Kier alpha value is -1.84. The summed E-state index contributed by atoms with van der Waals surface area (Å²) in [5, 5.41) is 0. The Morgan fingerprint density at radius 3 is 2.91 bits per heavy atom. The Labute approximate surface area is 130 Å². The normalized spacial score (nSPS) is 29.5. The first-order valence-corrected chi connectivity index (χ1v) is 8.55. The third kappa shape index (κ3) is 1.76. The summed E-state index contributed by atoms with van der Waals surface area (Å²) in [5.41, 5.74) is 2.14. The number of amides is 1. The largest absolute Gasteiger partial charge is 0.308 e. The van der Waals surface area contributed by atoms with Gasteiger partial charge in [0, 0.05) is 19.5 Å². The summed E-state index contributed by atoms with van der Waals surface area (Å²) in [6.45, 7) is 1.66. The van der Waals surface area contributed by atoms with Crippen LogP contribution < -0.4 is 4.90 Å². The van der Waals surface area contributed by atoms with E-state index in [2.05, 4.69) is 15.6 Å². The number of carbonyl (C=O) groups excluding carboxylic acids is 1. The zero-order chi connectivity index (χ0) is 14.7. The Balaban J connectivity index is 1.40. The predicted molar refractivity (Wildman–Crippen MR) is 85.6 cm³/mol. The molecule has 2 saturated carbocycles. The molecule has 4 heteroatoms. The van der Waals surface area contributed by atoms with Gasteiger partial charge >= 0.3 is 0 Å². The first kappa shape index (κ1) is 12.7. The molecule has 2 fully saturated rings. The van der Waals surface area contributed by atoms with Crippen LogP contribution in [0.25, 0.3) is 11.0 Å². The number of aromatic nitrogens is 2. The lowest BCUT2D eigenvalue weighted by molar-refractivity contribution is -0.119. The van der Waals surface area contributed by atoms with Crippen molar-refractivity contribution in [3.8, 4) is 0 Å². The van der Waals surface area contributed by atoms with E-state index in [0.29, 0.717) is 5.92 Å². The summed E-state index contributed by atoms with van der Waals surface area (Å²) < 4.78 is 2.19. The minimum Gasteiger partial charge on any atom is -0.308 e. The van der Waals surface area contributed by atoms with Gasteiger partial charge < -0.3 is 4.57 Å². The van der Waals surface area contributed by atoms with E-state index in [9.17, 15) is 4.79 Å². The van der Waals surface area contributed by atoms with Crippen molar-refractivity contribution in [2.75, 3.05) is 11.4 Å². The Kier molecular flexibility index (Phi) is 2.64. The van der Waals surface area contributed by atoms with Gasteiger partial charge in [-0.1, -0.05) is 18.6 Å². The van der Waals surface area contributed by atoms with Crippen LogP contribution in [0, 0.1) is 17.8 Å². The minimum atomic E-state index is 0.284. The molecular formula is C18H21N3O. The Morgan fingerprint density at radius 1 is 1.18 bits per heavy atom. The minimum absolute atomic E-state index is 0.284. The standard InChI is InChI=1S/C18H21N3O/c22-17(11-14-10-12-5-6-13(14)9-12)21-8-7-20-16-4-2-1-3-15(16)19-18(20)21/h1-4,12-14H,5-11H2/t12-,13-,14-/m0/s1. The van der Waals surface area contributed by atoms with Gasteiger partial charge in [0.05, 0.1) is 11.0 Å². The fraction of sp³-hybridized carbons (Fsp3) is 0.556. The van der Waals surface area contributed by atoms with Crippen LogP contribution in [-0.2, 0) is 11.3 Å². The van der Waals surface area contributed by atoms with Crippen molar-refractivity contribution in [1.29, 1.82) is 0 Å². The summed E-state index contributed by atoms with van der Waals surface area (Å²) in [5.74, 6) is 3.49. The number of anilines is 1. The molecule has 2 heterocycles. The first-order valence-electron chi connectivity index (χ1n) is 8.55. The number of rotatable bonds is 2. The zero-order valence-corrected chi connectivity index (χ0v) is 12.7. The zero-order valence-electron chi connectivity index (χ0n) is 12.7. The molecule has 22 heavy (non-hydrogen) atoms. The van der Waals surface area contributed by atoms with Crippen LogP contribution in [0.4, 0.5) is 5.95 Å². The van der Waals surface area contributed by atoms with Crippen molar-refractivity contribution in [3.05, 3.63) is 24.3 Å². The maximum Gasteiger partial charge on any atom is 0.229 e. The van der Waals surface area contributed by atoms with Crippen molar-refractivity contribution >= 4 is 22.9 Å². The second kappa shape index (κ2) is 4.58. The van der Waals surface area contributed by atoms with Crippen molar-refractivity contribution in [2.24, 2.45) is 17.8 Å². The average Bonchev–Trinajstić information content (AvgIpc) is 3.26. The van der Waals surface area contributed by atoms with Gasteiger partial charge in [-0.2, -0.15) is 0 Å². The van der Waals surface area contributed by atoms with E-state index in [1.54, 1.807) is 0 Å². The van der Waals surface area contributed by atoms with Gasteiger partial charge in [0.1, 0.15) is 0 Å². The number of hydrogen-bond donors (Lipinski definition) is 0. The van der Waals surface area contributed by atoms with E-state index in [4.69, 9.17) is 0 Å². The molecule has 2 aromatic rings. The lowest BCUT2D eigenvalue weighted by Gasteiger charge is -2.23. The van der Waals surface area contributed by atoms with Crippen LogP contribution in [0.1, 0.15) is 32.1 Å². The molecule has 0 radical (unpaired) electrons. The predicted octanol–water partition coefficient (Wildman–Crippen LogP) is 3.21. The fourth-order valence-corrected chi connectivity index (χ4v) is 4.99. The van der Waals surface area contributed by atoms with Crippen molar-refractivity contribution < 1.29 is 4.79 Å². The molecule has 0 unspecified atom stereocenters. The molecule has 3 atom stereocenters. The number of nitrogens with zero attached hydrogens (tertiary/aromatic N) is 3. The van der Waals surface area contributed by atoms with E-state index in [1.807, 2.05) is 23.1 Å². The Morgan fingerprint density at radius 2 is 2.09 bits per heavy atom. The molecule has 1 amide bonds. The van der Waals surface area contributed by atoms with Crippen LogP contribution in [0.15, 0.2) is 24.3 Å². The fourth-order valence-electron chi connectivity index (χ4n) is 4.99. The second-order valence-corrected chi connectivity index (χ2v) is 7.24. The molecule has 2 aliphatic carbocycles. The van der Waals surface area contributed by atoms with Crippen LogP contribution in [-0.4, -0.2) is 22.0 Å². The van der Waals surface area contributed by atoms with Gasteiger partial charge in [-0.05, 0) is 49.1 Å². The van der Waals surface area contributed by atoms with E-state index in [-0.39, 0.29) is 5.91 Å². The third-order valence-electron chi connectivity index (χ3n) is 6.05. The first-order chi connectivity index (χ1) is 10.8. The lowest BCUT2D eigenvalue weighted by atomic mass is 9.86. The molecule has 4 nitrogen and oxygen atoms in total. The number of imidazole rings is 1. The third-order valence-corrected chi connectivity index (χ3v) is 6.05. The highest BCUT2D eigenvalue weighted by atomic mass is 16.2. The molecule has 114 valence electrons. The van der Waals surface area contributed by atoms with Gasteiger partial charge in [-0.25, -0.2) is 4.98 Å². The molecular weight excluding hydrogens is 274 g/mol. The molecule has 1 aliphatic heterocycles. The summed E-state index contributed by atoms with van der Waals surface area (Å²) in [4.78, 5) is 19.4. The molecule has 0 spiro atoms. The van der Waals surface area contributed by atoms with Crippen molar-refractivity contribution in [3.63, 3.8) is 0 Å². The number of carbonyl (C=O) groups is 1. The molecule has 0 N–H and O–H groups in total. The highest BCUT2D eigenvalue weighted by Gasteiger charge is 2.41. The summed E-state index contributed by atoms with van der Waals surface area (Å²) in [6, 6.07) is 8.17. The SMILES string of the molecule is O=C(C[C@@H]1C[C@H]2CC[C@H]1C2)N1CCn2c1nc1ccccc12. The van der Waals surface area contributed by atoms with E-state index < -0.39 is 0 Å². The van der Waals surface area contributed by atoms with Crippen molar-refractivity contribution in [2.45, 2.75) is 38.6 Å². The molecule has 1 aromatic carbocycles. The maximum absolute atomic E-state index is 12.8. The van der Waals surface area contributed by atoms with Crippen LogP contribution in [0.5, 0.6) is 0 Å². The Bertz CT molecular complexity index is 750.